The molecule has 0 unspecified atom stereocenters. The second-order valence-electron chi connectivity index (χ2n) is 11.0. The van der Waals surface area contributed by atoms with Crippen LogP contribution in [-0.4, -0.2) is 50.0 Å². The molecule has 0 spiro atoms. The highest BCUT2D eigenvalue weighted by atomic mass is 32.2. The Kier molecular flexibility index (Phi) is 11.1. The second-order valence-corrected chi connectivity index (χ2v) is 12.9. The number of anilines is 1. The van der Waals surface area contributed by atoms with Crippen LogP contribution in [0.2, 0.25) is 0 Å². The molecule has 0 fully saturated rings. The van der Waals surface area contributed by atoms with E-state index in [-0.39, 0.29) is 24.4 Å². The molecule has 7 nitrogen and oxygen atoms in total. The summed E-state index contributed by atoms with van der Waals surface area (Å²) in [6, 6.07) is 23.7. The van der Waals surface area contributed by atoms with Crippen LogP contribution in [0.3, 0.4) is 0 Å². The molecule has 0 saturated carbocycles. The van der Waals surface area contributed by atoms with Gasteiger partial charge in [-0.3, -0.25) is 13.9 Å². The van der Waals surface area contributed by atoms with Crippen LogP contribution in [0, 0.1) is 6.92 Å². The Balaban J connectivity index is 2.09. The molecule has 0 aliphatic carbocycles. The molecular weight excluding hydrogens is 534 g/mol. The highest BCUT2D eigenvalue weighted by Crippen LogP contribution is 2.29. The lowest BCUT2D eigenvalue weighted by Crippen LogP contribution is -2.54. The Morgan fingerprint density at radius 3 is 2.05 bits per heavy atom. The van der Waals surface area contributed by atoms with Gasteiger partial charge in [0, 0.05) is 19.0 Å². The third-order valence-corrected chi connectivity index (χ3v) is 8.38. The van der Waals surface area contributed by atoms with Crippen molar-refractivity contribution >= 4 is 27.5 Å². The van der Waals surface area contributed by atoms with Crippen molar-refractivity contribution in [3.63, 3.8) is 0 Å². The smallest absolute Gasteiger partial charge is 0.244 e. The number of nitrogens with zero attached hydrogens (tertiary/aromatic N) is 2. The predicted octanol–water partition coefficient (Wildman–Crippen LogP) is 5.44. The molecule has 8 heteroatoms. The predicted molar refractivity (Wildman–Crippen MR) is 166 cm³/mol. The molecule has 3 aromatic rings. The van der Waals surface area contributed by atoms with Crippen LogP contribution in [0.15, 0.2) is 78.9 Å². The quantitative estimate of drug-likeness (QED) is 0.293. The van der Waals surface area contributed by atoms with Gasteiger partial charge in [0.2, 0.25) is 21.8 Å². The normalized spacial score (nSPS) is 13.0. The topological polar surface area (TPSA) is 86.8 Å². The van der Waals surface area contributed by atoms with Crippen LogP contribution in [0.5, 0.6) is 0 Å². The van der Waals surface area contributed by atoms with E-state index in [0.717, 1.165) is 34.9 Å². The van der Waals surface area contributed by atoms with E-state index >= 15 is 0 Å². The number of hydrogen-bond donors (Lipinski definition) is 1. The van der Waals surface area contributed by atoms with Crippen molar-refractivity contribution in [3.8, 4) is 0 Å². The summed E-state index contributed by atoms with van der Waals surface area (Å²) in [6.07, 6.45) is 2.14. The molecule has 3 aromatic carbocycles. The van der Waals surface area contributed by atoms with Crippen molar-refractivity contribution in [2.24, 2.45) is 0 Å². The van der Waals surface area contributed by atoms with E-state index in [0.29, 0.717) is 12.1 Å². The Morgan fingerprint density at radius 2 is 1.46 bits per heavy atom. The number of sulfonamides is 1. The summed E-state index contributed by atoms with van der Waals surface area (Å²) in [5.41, 5.74) is 4.13. The van der Waals surface area contributed by atoms with Gasteiger partial charge in [-0.2, -0.15) is 0 Å². The Bertz CT molecular complexity index is 1410. The molecule has 0 aromatic heterocycles. The summed E-state index contributed by atoms with van der Waals surface area (Å²) in [6.45, 7) is 9.62. The second kappa shape index (κ2) is 14.3. The number of benzene rings is 3. The fourth-order valence-electron chi connectivity index (χ4n) is 4.68. The molecule has 41 heavy (non-hydrogen) atoms. The average molecular weight is 578 g/mol. The molecule has 1 N–H and O–H groups in total. The SMILES string of the molecule is CC[C@H](C)NC(=O)[C@@H](Cc1ccccc1)N(Cc1ccc(C)cc1)C(=O)CN(c1ccccc1C(C)C)S(C)(=O)=O. The lowest BCUT2D eigenvalue weighted by atomic mass is 10.0. The third-order valence-electron chi connectivity index (χ3n) is 7.25. The zero-order chi connectivity index (χ0) is 30.2. The number of para-hydroxylation sites is 1. The highest BCUT2D eigenvalue weighted by molar-refractivity contribution is 7.92. The number of nitrogens with one attached hydrogen (secondary N) is 1. The van der Waals surface area contributed by atoms with E-state index in [4.69, 9.17) is 0 Å². The van der Waals surface area contributed by atoms with Crippen LogP contribution in [-0.2, 0) is 32.6 Å². The van der Waals surface area contributed by atoms with Gasteiger partial charge >= 0.3 is 0 Å². The zero-order valence-corrected chi connectivity index (χ0v) is 25.8. The van der Waals surface area contributed by atoms with Gasteiger partial charge in [0.1, 0.15) is 12.6 Å². The number of amides is 2. The monoisotopic (exact) mass is 577 g/mol. The Morgan fingerprint density at radius 1 is 0.854 bits per heavy atom. The summed E-state index contributed by atoms with van der Waals surface area (Å²) in [5.74, 6) is -0.673. The van der Waals surface area contributed by atoms with E-state index in [1.54, 1.807) is 12.1 Å². The number of hydrogen-bond acceptors (Lipinski definition) is 4. The van der Waals surface area contributed by atoms with Crippen LogP contribution in [0.4, 0.5) is 5.69 Å². The van der Waals surface area contributed by atoms with Gasteiger partial charge in [0.05, 0.1) is 11.9 Å². The molecule has 220 valence electrons. The minimum absolute atomic E-state index is 0.0429. The maximum atomic E-state index is 14.3. The molecule has 2 atom stereocenters. The summed E-state index contributed by atoms with van der Waals surface area (Å²) < 4.78 is 27.4. The van der Waals surface area contributed by atoms with Crippen molar-refractivity contribution in [1.82, 2.24) is 10.2 Å². The van der Waals surface area contributed by atoms with E-state index in [1.807, 2.05) is 101 Å². The maximum Gasteiger partial charge on any atom is 0.244 e. The van der Waals surface area contributed by atoms with E-state index in [2.05, 4.69) is 5.32 Å². The van der Waals surface area contributed by atoms with Gasteiger partial charge in [-0.25, -0.2) is 8.42 Å². The third kappa shape index (κ3) is 8.92. The average Bonchev–Trinajstić information content (AvgIpc) is 2.94. The first kappa shape index (κ1) is 31.9. The number of carbonyl (C=O) groups is 2. The molecule has 0 bridgehead atoms. The highest BCUT2D eigenvalue weighted by Gasteiger charge is 2.34. The lowest BCUT2D eigenvalue weighted by Gasteiger charge is -2.34. The molecule has 0 heterocycles. The van der Waals surface area contributed by atoms with E-state index in [1.165, 1.54) is 9.21 Å². The molecule has 0 aliphatic heterocycles. The fraction of sp³-hybridized carbons (Fsp3) is 0.394. The van der Waals surface area contributed by atoms with E-state index in [9.17, 15) is 18.0 Å². The van der Waals surface area contributed by atoms with Gasteiger partial charge in [-0.05, 0) is 48.9 Å². The van der Waals surface area contributed by atoms with Crippen LogP contribution < -0.4 is 9.62 Å². The van der Waals surface area contributed by atoms with Gasteiger partial charge in [-0.15, -0.1) is 0 Å². The summed E-state index contributed by atoms with van der Waals surface area (Å²) in [7, 11) is -3.82. The summed E-state index contributed by atoms with van der Waals surface area (Å²) in [5, 5.41) is 3.05. The molecule has 0 radical (unpaired) electrons. The first-order valence-electron chi connectivity index (χ1n) is 14.2. The van der Waals surface area contributed by atoms with Gasteiger partial charge in [0.15, 0.2) is 0 Å². The zero-order valence-electron chi connectivity index (χ0n) is 25.0. The molecular formula is C33H43N3O4S. The number of aryl methyl sites for hydroxylation is 1. The van der Waals surface area contributed by atoms with Crippen LogP contribution in [0.25, 0.3) is 0 Å². The van der Waals surface area contributed by atoms with Gasteiger partial charge in [0.25, 0.3) is 0 Å². The summed E-state index contributed by atoms with van der Waals surface area (Å²) >= 11 is 0. The Hall–Kier alpha value is -3.65. The molecule has 3 rings (SSSR count). The van der Waals surface area contributed by atoms with Crippen molar-refractivity contribution < 1.29 is 18.0 Å². The largest absolute Gasteiger partial charge is 0.352 e. The van der Waals surface area contributed by atoms with Crippen molar-refractivity contribution in [3.05, 3.63) is 101 Å². The molecule has 0 saturated heterocycles. The standard InChI is InChI=1S/C33H43N3O4S/c1-7-26(5)34-33(38)31(21-27-13-9-8-10-14-27)35(22-28-19-17-25(4)18-20-28)32(37)23-36(41(6,39)40)30-16-12-11-15-29(30)24(2)3/h8-20,24,26,31H,7,21-23H2,1-6H3,(H,34,38)/t26-,31+/m0/s1. The minimum atomic E-state index is -3.82. The van der Waals surface area contributed by atoms with Crippen molar-refractivity contribution in [2.75, 3.05) is 17.1 Å². The number of rotatable bonds is 13. The number of carbonyl (C=O) groups excluding carboxylic acids is 2. The molecule has 0 aliphatic rings. The maximum absolute atomic E-state index is 14.3. The fourth-order valence-corrected chi connectivity index (χ4v) is 5.55. The first-order chi connectivity index (χ1) is 19.4. The van der Waals surface area contributed by atoms with Crippen molar-refractivity contribution in [2.45, 2.75) is 72.0 Å². The first-order valence-corrected chi connectivity index (χ1v) is 16.0. The van der Waals surface area contributed by atoms with Crippen LogP contribution >= 0.6 is 0 Å². The van der Waals surface area contributed by atoms with Gasteiger partial charge in [-0.1, -0.05) is 99.1 Å². The minimum Gasteiger partial charge on any atom is -0.352 e. The van der Waals surface area contributed by atoms with Crippen LogP contribution in [0.1, 0.15) is 62.3 Å². The van der Waals surface area contributed by atoms with Gasteiger partial charge < -0.3 is 10.2 Å². The van der Waals surface area contributed by atoms with E-state index < -0.39 is 28.5 Å². The molecule has 2 amide bonds. The summed E-state index contributed by atoms with van der Waals surface area (Å²) in [4.78, 5) is 29.6. The lowest BCUT2D eigenvalue weighted by molar-refractivity contribution is -0.140. The van der Waals surface area contributed by atoms with Crippen molar-refractivity contribution in [1.29, 1.82) is 0 Å². The Labute approximate surface area is 245 Å².